The number of imidazole rings is 1. The average Bonchev–Trinajstić information content (AvgIpc) is 3.20. The molecule has 1 aliphatic carbocycles. The van der Waals surface area contributed by atoms with Crippen LogP contribution in [0.15, 0.2) is 42.9 Å². The smallest absolute Gasteiger partial charge is 0.308 e. The number of aromatic nitrogens is 2. The van der Waals surface area contributed by atoms with Gasteiger partial charge in [0.25, 0.3) is 0 Å². The van der Waals surface area contributed by atoms with Gasteiger partial charge in [0.2, 0.25) is 0 Å². The molecule has 5 heteroatoms. The van der Waals surface area contributed by atoms with Crippen molar-refractivity contribution in [2.75, 3.05) is 13.1 Å². The van der Waals surface area contributed by atoms with Crippen molar-refractivity contribution >= 4 is 5.97 Å². The van der Waals surface area contributed by atoms with E-state index in [1.54, 1.807) is 0 Å². The van der Waals surface area contributed by atoms with Crippen LogP contribution in [-0.2, 0) is 17.9 Å². The Morgan fingerprint density at radius 3 is 2.67 bits per heavy atom. The quantitative estimate of drug-likeness (QED) is 0.886. The summed E-state index contributed by atoms with van der Waals surface area (Å²) in [6.45, 7) is 3.14. The lowest BCUT2D eigenvalue weighted by Gasteiger charge is -2.17. The zero-order valence-corrected chi connectivity index (χ0v) is 13.7. The van der Waals surface area contributed by atoms with E-state index in [0.717, 1.165) is 25.3 Å². The van der Waals surface area contributed by atoms with Crippen LogP contribution in [0.1, 0.15) is 24.1 Å². The molecule has 1 aliphatic heterocycles. The molecule has 0 spiro atoms. The summed E-state index contributed by atoms with van der Waals surface area (Å²) in [5, 5.41) is 9.51. The van der Waals surface area contributed by atoms with Crippen molar-refractivity contribution in [3.8, 4) is 0 Å². The molecule has 0 radical (unpaired) electrons. The maximum absolute atomic E-state index is 11.6. The molecular weight excluding hydrogens is 302 g/mol. The van der Waals surface area contributed by atoms with Crippen molar-refractivity contribution in [2.24, 2.45) is 17.8 Å². The average molecular weight is 325 g/mol. The minimum absolute atomic E-state index is 0.206. The number of aliphatic carboxylic acids is 1. The Bertz CT molecular complexity index is 708. The maximum Gasteiger partial charge on any atom is 0.308 e. The number of rotatable bonds is 6. The first kappa shape index (κ1) is 15.4. The SMILES string of the molecule is O=C(O)[C@@H]1CN(Cc2cncn2Cc2ccccc2)C[C@H]1C1CC1. The molecule has 1 aromatic carbocycles. The van der Waals surface area contributed by atoms with Gasteiger partial charge in [0.15, 0.2) is 0 Å². The lowest BCUT2D eigenvalue weighted by molar-refractivity contribution is -0.142. The Kier molecular flexibility index (Phi) is 4.10. The lowest BCUT2D eigenvalue weighted by Crippen LogP contribution is -2.24. The number of nitrogens with zero attached hydrogens (tertiary/aromatic N) is 3. The number of hydrogen-bond donors (Lipinski definition) is 1. The van der Waals surface area contributed by atoms with Gasteiger partial charge in [-0.15, -0.1) is 0 Å². The van der Waals surface area contributed by atoms with Crippen LogP contribution in [0, 0.1) is 17.8 Å². The molecular formula is C19H23N3O2. The van der Waals surface area contributed by atoms with Crippen molar-refractivity contribution in [3.63, 3.8) is 0 Å². The minimum Gasteiger partial charge on any atom is -0.481 e. The highest BCUT2D eigenvalue weighted by Gasteiger charge is 2.45. The second-order valence-corrected chi connectivity index (χ2v) is 7.14. The standard InChI is InChI=1S/C19H23N3O2/c23-19(24)18-12-21(11-17(18)15-6-7-15)10-16-8-20-13-22(16)9-14-4-2-1-3-5-14/h1-5,8,13,15,17-18H,6-7,9-12H2,(H,23,24)/t17-,18+/m0/s1. The van der Waals surface area contributed by atoms with Crippen LogP contribution >= 0.6 is 0 Å². The predicted molar refractivity (Wildman–Crippen MR) is 90.4 cm³/mol. The van der Waals surface area contributed by atoms with E-state index in [1.807, 2.05) is 30.7 Å². The summed E-state index contributed by atoms with van der Waals surface area (Å²) >= 11 is 0. The summed E-state index contributed by atoms with van der Waals surface area (Å²) in [5.74, 6) is 0.119. The molecule has 5 nitrogen and oxygen atoms in total. The van der Waals surface area contributed by atoms with Gasteiger partial charge in [-0.2, -0.15) is 0 Å². The lowest BCUT2D eigenvalue weighted by atomic mass is 9.92. The first-order chi connectivity index (χ1) is 11.7. The third kappa shape index (κ3) is 3.22. The van der Waals surface area contributed by atoms with Gasteiger partial charge < -0.3 is 9.67 Å². The Hall–Kier alpha value is -2.14. The highest BCUT2D eigenvalue weighted by molar-refractivity contribution is 5.71. The predicted octanol–water partition coefficient (Wildman–Crippen LogP) is 2.47. The minimum atomic E-state index is -0.632. The van der Waals surface area contributed by atoms with Gasteiger partial charge in [0.1, 0.15) is 0 Å². The van der Waals surface area contributed by atoms with Crippen LogP contribution in [0.2, 0.25) is 0 Å². The highest BCUT2D eigenvalue weighted by atomic mass is 16.4. The van der Waals surface area contributed by atoms with Crippen LogP contribution in [0.4, 0.5) is 0 Å². The van der Waals surface area contributed by atoms with Crippen molar-refractivity contribution in [2.45, 2.75) is 25.9 Å². The van der Waals surface area contributed by atoms with E-state index >= 15 is 0 Å². The van der Waals surface area contributed by atoms with Crippen LogP contribution in [0.25, 0.3) is 0 Å². The Morgan fingerprint density at radius 2 is 1.96 bits per heavy atom. The summed E-state index contributed by atoms with van der Waals surface area (Å²) in [4.78, 5) is 18.1. The van der Waals surface area contributed by atoms with E-state index < -0.39 is 5.97 Å². The highest BCUT2D eigenvalue weighted by Crippen LogP contribution is 2.44. The van der Waals surface area contributed by atoms with Crippen LogP contribution in [0.3, 0.4) is 0 Å². The molecule has 0 amide bonds. The fraction of sp³-hybridized carbons (Fsp3) is 0.474. The van der Waals surface area contributed by atoms with E-state index in [-0.39, 0.29) is 5.92 Å². The second-order valence-electron chi connectivity index (χ2n) is 7.14. The molecule has 24 heavy (non-hydrogen) atoms. The molecule has 2 heterocycles. The first-order valence-corrected chi connectivity index (χ1v) is 8.69. The Morgan fingerprint density at radius 1 is 1.17 bits per heavy atom. The fourth-order valence-electron chi connectivity index (χ4n) is 3.94. The van der Waals surface area contributed by atoms with Crippen LogP contribution < -0.4 is 0 Å². The molecule has 1 N–H and O–H groups in total. The molecule has 1 aromatic heterocycles. The molecule has 0 bridgehead atoms. The number of carboxylic acids is 1. The van der Waals surface area contributed by atoms with Crippen molar-refractivity contribution < 1.29 is 9.90 Å². The zero-order valence-electron chi connectivity index (χ0n) is 13.7. The molecule has 2 atom stereocenters. The molecule has 4 rings (SSSR count). The number of benzene rings is 1. The summed E-state index contributed by atoms with van der Waals surface area (Å²) < 4.78 is 2.16. The van der Waals surface area contributed by atoms with E-state index in [0.29, 0.717) is 18.4 Å². The third-order valence-electron chi connectivity index (χ3n) is 5.37. The monoisotopic (exact) mass is 325 g/mol. The third-order valence-corrected chi connectivity index (χ3v) is 5.37. The zero-order chi connectivity index (χ0) is 16.5. The fourth-order valence-corrected chi connectivity index (χ4v) is 3.94. The molecule has 2 aromatic rings. The normalized spacial score (nSPS) is 24.3. The van der Waals surface area contributed by atoms with Gasteiger partial charge >= 0.3 is 5.97 Å². The molecule has 1 saturated heterocycles. The number of carbonyl (C=O) groups is 1. The van der Waals surface area contributed by atoms with Crippen molar-refractivity contribution in [1.82, 2.24) is 14.5 Å². The molecule has 2 fully saturated rings. The van der Waals surface area contributed by atoms with E-state index in [2.05, 4.69) is 26.6 Å². The summed E-state index contributed by atoms with van der Waals surface area (Å²) in [6.07, 6.45) is 6.18. The van der Waals surface area contributed by atoms with Gasteiger partial charge in [-0.05, 0) is 30.2 Å². The van der Waals surface area contributed by atoms with E-state index in [1.165, 1.54) is 18.4 Å². The van der Waals surface area contributed by atoms with Gasteiger partial charge in [-0.25, -0.2) is 4.98 Å². The van der Waals surface area contributed by atoms with Crippen LogP contribution in [0.5, 0.6) is 0 Å². The van der Waals surface area contributed by atoms with E-state index in [9.17, 15) is 9.90 Å². The molecule has 0 unspecified atom stereocenters. The molecule has 2 aliphatic rings. The van der Waals surface area contributed by atoms with Gasteiger partial charge in [-0.1, -0.05) is 30.3 Å². The van der Waals surface area contributed by atoms with Crippen LogP contribution in [-0.4, -0.2) is 38.6 Å². The topological polar surface area (TPSA) is 58.4 Å². The van der Waals surface area contributed by atoms with Gasteiger partial charge in [0, 0.05) is 32.4 Å². The Labute approximate surface area is 141 Å². The van der Waals surface area contributed by atoms with Crippen molar-refractivity contribution in [1.29, 1.82) is 0 Å². The van der Waals surface area contributed by atoms with E-state index in [4.69, 9.17) is 0 Å². The second kappa shape index (κ2) is 6.40. The number of hydrogen-bond acceptors (Lipinski definition) is 3. The Balaban J connectivity index is 1.44. The number of carboxylic acid groups (broad SMARTS) is 1. The molecule has 1 saturated carbocycles. The molecule has 126 valence electrons. The summed E-state index contributed by atoms with van der Waals surface area (Å²) in [7, 11) is 0. The van der Waals surface area contributed by atoms with Gasteiger partial charge in [-0.3, -0.25) is 9.69 Å². The number of likely N-dealkylation sites (tertiary alicyclic amines) is 1. The van der Waals surface area contributed by atoms with Crippen molar-refractivity contribution in [3.05, 3.63) is 54.1 Å². The summed E-state index contributed by atoms with van der Waals surface area (Å²) in [6, 6.07) is 10.3. The summed E-state index contributed by atoms with van der Waals surface area (Å²) in [5.41, 5.74) is 2.40. The largest absolute Gasteiger partial charge is 0.481 e. The maximum atomic E-state index is 11.6. The first-order valence-electron chi connectivity index (χ1n) is 8.69. The van der Waals surface area contributed by atoms with Gasteiger partial charge in [0.05, 0.1) is 17.9 Å².